The van der Waals surface area contributed by atoms with Crippen molar-refractivity contribution in [3.8, 4) is 0 Å². The molecule has 0 radical (unpaired) electrons. The molecule has 110 valence electrons. The topological polar surface area (TPSA) is 80.5 Å². The molecule has 2 aromatic rings. The summed E-state index contributed by atoms with van der Waals surface area (Å²) < 4.78 is 5.45. The number of hydrogen-bond donors (Lipinski definition) is 2. The van der Waals surface area contributed by atoms with Crippen molar-refractivity contribution in [2.45, 2.75) is 6.04 Å². The van der Waals surface area contributed by atoms with E-state index in [1.165, 1.54) is 0 Å². The monoisotopic (exact) mass is 286 g/mol. The summed E-state index contributed by atoms with van der Waals surface area (Å²) in [6.07, 6.45) is 1.73. The molecule has 1 aliphatic heterocycles. The number of likely N-dealkylation sites (N-methyl/N-ethyl adjacent to an activating group) is 1. The molecule has 6 heteroatoms. The Bertz CT molecular complexity index is 674. The maximum atomic E-state index is 12.1. The number of nitrogens with zero attached hydrogens (tertiary/aromatic N) is 2. The molecule has 3 N–H and O–H groups in total. The molecule has 1 aromatic carbocycles. The standard InChI is InChI=1S/C15H18N4O2/c1-17-15(20)13-9-21-8-7-19(13)12-5-6-18-14-10(12)3-2-4-11(14)16/h2-6,13H,7-9,16H2,1H3,(H,17,20). The van der Waals surface area contributed by atoms with Crippen molar-refractivity contribution in [2.24, 2.45) is 0 Å². The van der Waals surface area contributed by atoms with Gasteiger partial charge in [0.25, 0.3) is 0 Å². The molecule has 6 nitrogen and oxygen atoms in total. The number of hydrogen-bond acceptors (Lipinski definition) is 5. The highest BCUT2D eigenvalue weighted by atomic mass is 16.5. The Morgan fingerprint density at radius 2 is 2.33 bits per heavy atom. The van der Waals surface area contributed by atoms with E-state index in [2.05, 4.69) is 15.2 Å². The third-order valence-corrected chi connectivity index (χ3v) is 3.77. The predicted octanol–water partition coefficient (Wildman–Crippen LogP) is 0.768. The summed E-state index contributed by atoms with van der Waals surface area (Å²) in [5.74, 6) is -0.0523. The SMILES string of the molecule is CNC(=O)C1COCCN1c1ccnc2c(N)cccc12. The van der Waals surface area contributed by atoms with Crippen molar-refractivity contribution in [1.29, 1.82) is 0 Å². The van der Waals surface area contributed by atoms with E-state index in [-0.39, 0.29) is 11.9 Å². The summed E-state index contributed by atoms with van der Waals surface area (Å²) >= 11 is 0. The molecule has 2 heterocycles. The fourth-order valence-corrected chi connectivity index (χ4v) is 2.71. The fraction of sp³-hybridized carbons (Fsp3) is 0.333. The number of anilines is 2. The normalized spacial score (nSPS) is 18.7. The first-order chi connectivity index (χ1) is 10.2. The molecule has 1 fully saturated rings. The highest BCUT2D eigenvalue weighted by Crippen LogP contribution is 2.30. The van der Waals surface area contributed by atoms with Crippen LogP contribution in [0.15, 0.2) is 30.5 Å². The lowest BCUT2D eigenvalue weighted by Crippen LogP contribution is -2.53. The summed E-state index contributed by atoms with van der Waals surface area (Å²) in [5.41, 5.74) is 8.35. The molecule has 1 amide bonds. The van der Waals surface area contributed by atoms with Gasteiger partial charge in [-0.15, -0.1) is 0 Å². The van der Waals surface area contributed by atoms with Gasteiger partial charge in [-0.05, 0) is 12.1 Å². The van der Waals surface area contributed by atoms with Crippen LogP contribution in [0.3, 0.4) is 0 Å². The van der Waals surface area contributed by atoms with Gasteiger partial charge in [0.1, 0.15) is 6.04 Å². The third kappa shape index (κ3) is 2.38. The maximum Gasteiger partial charge on any atom is 0.244 e. The number of carbonyl (C=O) groups excluding carboxylic acids is 1. The summed E-state index contributed by atoms with van der Waals surface area (Å²) in [6, 6.07) is 7.29. The Morgan fingerprint density at radius 3 is 3.14 bits per heavy atom. The zero-order valence-corrected chi connectivity index (χ0v) is 11.9. The molecule has 0 bridgehead atoms. The highest BCUT2D eigenvalue weighted by molar-refractivity contribution is 5.99. The molecule has 0 spiro atoms. The van der Waals surface area contributed by atoms with Crippen LogP contribution in [0.5, 0.6) is 0 Å². The summed E-state index contributed by atoms with van der Waals surface area (Å²) in [5, 5.41) is 3.65. The second kappa shape index (κ2) is 5.57. The van der Waals surface area contributed by atoms with Gasteiger partial charge in [-0.25, -0.2) is 0 Å². The smallest absolute Gasteiger partial charge is 0.244 e. The van der Waals surface area contributed by atoms with Crippen LogP contribution < -0.4 is 16.0 Å². The van der Waals surface area contributed by atoms with Gasteiger partial charge >= 0.3 is 0 Å². The lowest BCUT2D eigenvalue weighted by atomic mass is 10.1. The van der Waals surface area contributed by atoms with Crippen LogP contribution in [0.25, 0.3) is 10.9 Å². The average molecular weight is 286 g/mol. The number of benzene rings is 1. The molecule has 0 saturated carbocycles. The minimum Gasteiger partial charge on any atom is -0.397 e. The quantitative estimate of drug-likeness (QED) is 0.797. The van der Waals surface area contributed by atoms with E-state index in [1.54, 1.807) is 13.2 Å². The lowest BCUT2D eigenvalue weighted by Gasteiger charge is -2.36. The second-order valence-corrected chi connectivity index (χ2v) is 4.97. The Balaban J connectivity index is 2.09. The van der Waals surface area contributed by atoms with Crippen LogP contribution in [0, 0.1) is 0 Å². The minimum absolute atomic E-state index is 0.0523. The lowest BCUT2D eigenvalue weighted by molar-refractivity contribution is -0.124. The summed E-state index contributed by atoms with van der Waals surface area (Å²) in [4.78, 5) is 18.5. The van der Waals surface area contributed by atoms with Gasteiger partial charge in [0, 0.05) is 30.9 Å². The van der Waals surface area contributed by atoms with Crippen molar-refractivity contribution in [2.75, 3.05) is 37.4 Å². The van der Waals surface area contributed by atoms with Gasteiger partial charge in [-0.2, -0.15) is 0 Å². The number of amides is 1. The largest absolute Gasteiger partial charge is 0.397 e. The fourth-order valence-electron chi connectivity index (χ4n) is 2.71. The first kappa shape index (κ1) is 13.6. The molecule has 1 aliphatic rings. The van der Waals surface area contributed by atoms with E-state index in [9.17, 15) is 4.79 Å². The van der Waals surface area contributed by atoms with Gasteiger partial charge in [0.15, 0.2) is 0 Å². The first-order valence-electron chi connectivity index (χ1n) is 6.91. The van der Waals surface area contributed by atoms with Crippen LogP contribution in [0.2, 0.25) is 0 Å². The number of ether oxygens (including phenoxy) is 1. The third-order valence-electron chi connectivity index (χ3n) is 3.77. The highest BCUT2D eigenvalue weighted by Gasteiger charge is 2.30. The average Bonchev–Trinajstić information content (AvgIpc) is 2.54. The van der Waals surface area contributed by atoms with Crippen molar-refractivity contribution in [3.05, 3.63) is 30.5 Å². The van der Waals surface area contributed by atoms with E-state index in [4.69, 9.17) is 10.5 Å². The predicted molar refractivity (Wildman–Crippen MR) is 82.2 cm³/mol. The molecule has 21 heavy (non-hydrogen) atoms. The Morgan fingerprint density at radius 1 is 1.48 bits per heavy atom. The Kier molecular flexibility index (Phi) is 3.62. The molecular weight excluding hydrogens is 268 g/mol. The zero-order valence-electron chi connectivity index (χ0n) is 11.9. The number of aromatic nitrogens is 1. The number of pyridine rings is 1. The van der Waals surface area contributed by atoms with E-state index in [1.807, 2.05) is 24.3 Å². The van der Waals surface area contributed by atoms with E-state index in [0.29, 0.717) is 25.4 Å². The van der Waals surface area contributed by atoms with Crippen LogP contribution in [-0.4, -0.2) is 43.7 Å². The first-order valence-corrected chi connectivity index (χ1v) is 6.91. The number of carbonyl (C=O) groups is 1. The van der Waals surface area contributed by atoms with Gasteiger partial charge in [-0.1, -0.05) is 12.1 Å². The second-order valence-electron chi connectivity index (χ2n) is 4.97. The number of fused-ring (bicyclic) bond motifs is 1. The minimum atomic E-state index is -0.337. The number of rotatable bonds is 2. The van der Waals surface area contributed by atoms with Crippen LogP contribution in [0.4, 0.5) is 11.4 Å². The molecule has 1 unspecified atom stereocenters. The van der Waals surface area contributed by atoms with Crippen LogP contribution >= 0.6 is 0 Å². The van der Waals surface area contributed by atoms with Gasteiger partial charge in [-0.3, -0.25) is 9.78 Å². The summed E-state index contributed by atoms with van der Waals surface area (Å²) in [6.45, 7) is 1.64. The molecule has 3 rings (SSSR count). The van der Waals surface area contributed by atoms with Crippen molar-refractivity contribution < 1.29 is 9.53 Å². The molecular formula is C15H18N4O2. The Hall–Kier alpha value is -2.34. The summed E-state index contributed by atoms with van der Waals surface area (Å²) in [7, 11) is 1.64. The Labute approximate surface area is 122 Å². The molecule has 1 aromatic heterocycles. The van der Waals surface area contributed by atoms with Crippen molar-refractivity contribution in [1.82, 2.24) is 10.3 Å². The van der Waals surface area contributed by atoms with Crippen molar-refractivity contribution in [3.63, 3.8) is 0 Å². The van der Waals surface area contributed by atoms with Gasteiger partial charge in [0.05, 0.1) is 24.4 Å². The van der Waals surface area contributed by atoms with E-state index < -0.39 is 0 Å². The number of nitrogen functional groups attached to an aromatic ring is 1. The number of nitrogens with two attached hydrogens (primary N) is 1. The molecule has 1 saturated heterocycles. The number of nitrogens with one attached hydrogen (secondary N) is 1. The van der Waals surface area contributed by atoms with E-state index in [0.717, 1.165) is 16.6 Å². The van der Waals surface area contributed by atoms with Crippen LogP contribution in [-0.2, 0) is 9.53 Å². The number of morpholine rings is 1. The zero-order chi connectivity index (χ0) is 14.8. The van der Waals surface area contributed by atoms with Crippen molar-refractivity contribution >= 4 is 28.2 Å². The maximum absolute atomic E-state index is 12.1. The van der Waals surface area contributed by atoms with Gasteiger partial charge < -0.3 is 20.7 Å². The van der Waals surface area contributed by atoms with Gasteiger partial charge in [0.2, 0.25) is 5.91 Å². The van der Waals surface area contributed by atoms with Crippen LogP contribution in [0.1, 0.15) is 0 Å². The number of para-hydroxylation sites is 1. The molecule has 0 aliphatic carbocycles. The molecule has 1 atom stereocenters. The van der Waals surface area contributed by atoms with E-state index >= 15 is 0 Å².